The first-order valence-corrected chi connectivity index (χ1v) is 7.02. The predicted octanol–water partition coefficient (Wildman–Crippen LogP) is 5.11. The van der Waals surface area contributed by atoms with E-state index in [1.807, 2.05) is 44.1 Å². The summed E-state index contributed by atoms with van der Waals surface area (Å²) in [7, 11) is 3.94. The number of benzene rings is 2. The molecule has 0 unspecified atom stereocenters. The van der Waals surface area contributed by atoms with Crippen molar-refractivity contribution in [3.05, 3.63) is 64.7 Å². The molecule has 0 spiro atoms. The third-order valence-electron chi connectivity index (χ3n) is 3.29. The van der Waals surface area contributed by atoms with Crippen LogP contribution in [-0.4, -0.2) is 19.0 Å². The first-order chi connectivity index (χ1) is 10.9. The predicted molar refractivity (Wildman–Crippen MR) is 92.7 cm³/mol. The van der Waals surface area contributed by atoms with Gasteiger partial charge in [0.1, 0.15) is 0 Å². The molecule has 0 radical (unpaired) electrons. The average Bonchev–Trinajstić information content (AvgIpc) is 2.52. The number of nitrogens with zero attached hydrogens (tertiary/aromatic N) is 4. The molecule has 118 valence electrons. The Balaban J connectivity index is 2.31. The number of rotatable bonds is 5. The lowest BCUT2D eigenvalue weighted by molar-refractivity contribution is -0.384. The Labute approximate surface area is 134 Å². The second-order valence-electron chi connectivity index (χ2n) is 5.35. The molecule has 6 nitrogen and oxygen atoms in total. The molecule has 2 rings (SSSR count). The number of hydrogen-bond donors (Lipinski definition) is 0. The maximum absolute atomic E-state index is 10.6. The Hall–Kier alpha value is -3.02. The first kappa shape index (κ1) is 16.4. The van der Waals surface area contributed by atoms with Crippen LogP contribution in [0.4, 0.5) is 22.7 Å². The second-order valence-corrected chi connectivity index (χ2v) is 5.35. The van der Waals surface area contributed by atoms with Gasteiger partial charge < -0.3 is 4.90 Å². The fourth-order valence-electron chi connectivity index (χ4n) is 1.98. The molecule has 0 aliphatic carbocycles. The Bertz CT molecular complexity index is 765. The Kier molecular flexibility index (Phi) is 4.85. The van der Waals surface area contributed by atoms with Crippen LogP contribution in [-0.2, 0) is 0 Å². The quantitative estimate of drug-likeness (QED) is 0.437. The van der Waals surface area contributed by atoms with E-state index < -0.39 is 4.92 Å². The summed E-state index contributed by atoms with van der Waals surface area (Å²) in [6.07, 6.45) is 0. The lowest BCUT2D eigenvalue weighted by atomic mass is 10.1. The second kappa shape index (κ2) is 6.83. The smallest absolute Gasteiger partial charge is 0.269 e. The molecule has 0 aliphatic rings. The van der Waals surface area contributed by atoms with Crippen LogP contribution in [0.5, 0.6) is 0 Å². The third kappa shape index (κ3) is 4.00. The normalized spacial score (nSPS) is 10.7. The maximum Gasteiger partial charge on any atom is 0.269 e. The van der Waals surface area contributed by atoms with Crippen molar-refractivity contribution in [3.8, 4) is 0 Å². The minimum Gasteiger partial charge on any atom is -0.378 e. The largest absolute Gasteiger partial charge is 0.378 e. The van der Waals surface area contributed by atoms with Crippen LogP contribution in [0.2, 0.25) is 0 Å². The van der Waals surface area contributed by atoms with Gasteiger partial charge in [0.15, 0.2) is 0 Å². The minimum atomic E-state index is -0.444. The summed E-state index contributed by atoms with van der Waals surface area (Å²) in [5.74, 6) is 0. The highest BCUT2D eigenvalue weighted by molar-refractivity contribution is 5.75. The number of nitro benzene ring substituents is 1. The van der Waals surface area contributed by atoms with E-state index in [0.29, 0.717) is 11.4 Å². The van der Waals surface area contributed by atoms with Crippen molar-refractivity contribution in [3.63, 3.8) is 0 Å². The highest BCUT2D eigenvalue weighted by Gasteiger charge is 2.07. The number of azo groups is 1. The van der Waals surface area contributed by atoms with Crippen molar-refractivity contribution < 1.29 is 4.92 Å². The minimum absolute atomic E-state index is 0.0295. The summed E-state index contributed by atoms with van der Waals surface area (Å²) in [5, 5.41) is 19.0. The SMILES string of the molecule is C=C(C)c1cc(N(C)C)ccc1N=Nc1ccc([N+](=O)[O-])cc1. The van der Waals surface area contributed by atoms with Gasteiger partial charge in [0, 0.05) is 37.5 Å². The lowest BCUT2D eigenvalue weighted by Gasteiger charge is -2.15. The summed E-state index contributed by atoms with van der Waals surface area (Å²) in [5.41, 5.74) is 4.16. The van der Waals surface area contributed by atoms with Crippen LogP contribution < -0.4 is 4.90 Å². The van der Waals surface area contributed by atoms with Gasteiger partial charge in [-0.3, -0.25) is 10.1 Å². The van der Waals surface area contributed by atoms with Gasteiger partial charge in [0.25, 0.3) is 5.69 Å². The zero-order valence-electron chi connectivity index (χ0n) is 13.4. The Morgan fingerprint density at radius 3 is 2.30 bits per heavy atom. The highest BCUT2D eigenvalue weighted by atomic mass is 16.6. The van der Waals surface area contributed by atoms with Gasteiger partial charge in [-0.15, -0.1) is 5.11 Å². The van der Waals surface area contributed by atoms with E-state index in [4.69, 9.17) is 0 Å². The number of non-ortho nitro benzene ring substituents is 1. The molecule has 0 amide bonds. The van der Waals surface area contributed by atoms with E-state index in [1.54, 1.807) is 12.1 Å². The molecule has 0 saturated heterocycles. The van der Waals surface area contributed by atoms with Crippen LogP contribution in [0.25, 0.3) is 5.57 Å². The zero-order chi connectivity index (χ0) is 17.0. The fourth-order valence-corrected chi connectivity index (χ4v) is 1.98. The van der Waals surface area contributed by atoms with Crippen LogP contribution in [0.1, 0.15) is 12.5 Å². The molecule has 0 fully saturated rings. The molecule has 0 N–H and O–H groups in total. The Morgan fingerprint density at radius 1 is 1.13 bits per heavy atom. The van der Waals surface area contributed by atoms with E-state index in [9.17, 15) is 10.1 Å². The number of anilines is 1. The van der Waals surface area contributed by atoms with E-state index >= 15 is 0 Å². The topological polar surface area (TPSA) is 71.1 Å². The molecule has 0 saturated carbocycles. The molecular weight excluding hydrogens is 292 g/mol. The van der Waals surface area contributed by atoms with Gasteiger partial charge >= 0.3 is 0 Å². The van der Waals surface area contributed by atoms with Gasteiger partial charge in [0.2, 0.25) is 0 Å². The summed E-state index contributed by atoms with van der Waals surface area (Å²) in [4.78, 5) is 12.2. The summed E-state index contributed by atoms with van der Waals surface area (Å²) >= 11 is 0. The van der Waals surface area contributed by atoms with Gasteiger partial charge in [-0.25, -0.2) is 0 Å². The molecule has 0 aliphatic heterocycles. The molecular formula is C17H18N4O2. The molecule has 0 heterocycles. The molecule has 0 aromatic heterocycles. The van der Waals surface area contributed by atoms with Gasteiger partial charge in [0.05, 0.1) is 16.3 Å². The zero-order valence-corrected chi connectivity index (χ0v) is 13.4. The van der Waals surface area contributed by atoms with Crippen molar-refractivity contribution in [2.24, 2.45) is 10.2 Å². The fraction of sp³-hybridized carbons (Fsp3) is 0.176. The van der Waals surface area contributed by atoms with Crippen molar-refractivity contribution in [1.29, 1.82) is 0 Å². The van der Waals surface area contributed by atoms with Gasteiger partial charge in [-0.05, 0) is 42.8 Å². The molecule has 0 atom stereocenters. The van der Waals surface area contributed by atoms with E-state index in [1.165, 1.54) is 12.1 Å². The number of allylic oxidation sites excluding steroid dienone is 1. The van der Waals surface area contributed by atoms with E-state index in [0.717, 1.165) is 16.8 Å². The molecule has 6 heteroatoms. The Morgan fingerprint density at radius 2 is 1.78 bits per heavy atom. The molecule has 2 aromatic carbocycles. The average molecular weight is 310 g/mol. The third-order valence-corrected chi connectivity index (χ3v) is 3.29. The standard InChI is InChI=1S/C17H18N4O2/c1-12(2)16-11-15(20(3)4)9-10-17(16)19-18-13-5-7-14(8-6-13)21(22)23/h5-11H,1H2,2-4H3. The molecule has 2 aromatic rings. The first-order valence-electron chi connectivity index (χ1n) is 7.02. The van der Waals surface area contributed by atoms with Crippen molar-refractivity contribution in [2.75, 3.05) is 19.0 Å². The van der Waals surface area contributed by atoms with Crippen molar-refractivity contribution in [2.45, 2.75) is 6.92 Å². The summed E-state index contributed by atoms with van der Waals surface area (Å²) in [6.45, 7) is 5.89. The number of hydrogen-bond acceptors (Lipinski definition) is 5. The van der Waals surface area contributed by atoms with Crippen molar-refractivity contribution >= 4 is 28.3 Å². The van der Waals surface area contributed by atoms with Crippen LogP contribution >= 0.6 is 0 Å². The monoisotopic (exact) mass is 310 g/mol. The van der Waals surface area contributed by atoms with E-state index in [2.05, 4.69) is 16.8 Å². The van der Waals surface area contributed by atoms with Gasteiger partial charge in [-0.2, -0.15) is 5.11 Å². The molecule has 23 heavy (non-hydrogen) atoms. The van der Waals surface area contributed by atoms with Crippen LogP contribution in [0, 0.1) is 10.1 Å². The highest BCUT2D eigenvalue weighted by Crippen LogP contribution is 2.31. The maximum atomic E-state index is 10.6. The van der Waals surface area contributed by atoms with Crippen LogP contribution in [0.3, 0.4) is 0 Å². The molecule has 0 bridgehead atoms. The van der Waals surface area contributed by atoms with Crippen molar-refractivity contribution in [1.82, 2.24) is 0 Å². The lowest BCUT2D eigenvalue weighted by Crippen LogP contribution is -2.08. The summed E-state index contributed by atoms with van der Waals surface area (Å²) < 4.78 is 0. The van der Waals surface area contributed by atoms with E-state index in [-0.39, 0.29) is 5.69 Å². The summed E-state index contributed by atoms with van der Waals surface area (Å²) in [6, 6.07) is 11.8. The van der Waals surface area contributed by atoms with Crippen LogP contribution in [0.15, 0.2) is 59.3 Å². The van der Waals surface area contributed by atoms with Gasteiger partial charge in [-0.1, -0.05) is 6.58 Å². The number of nitro groups is 1.